The molecule has 7 nitrogen and oxygen atoms in total. The Morgan fingerprint density at radius 2 is 1.64 bits per heavy atom. The number of benzene rings is 3. The van der Waals surface area contributed by atoms with Crippen LogP contribution in [0.5, 0.6) is 0 Å². The van der Waals surface area contributed by atoms with Crippen LogP contribution < -0.4 is 4.90 Å². The molecule has 5 aromatic rings. The lowest BCUT2D eigenvalue weighted by molar-refractivity contribution is 0.0985. The SMILES string of the molecule is CCN(Cc1ccccc1)S(=O)(=O)c1ccc(C(=O)N(Cc2cccnc2)c2nc3ccc(C)cc3s2)cc1. The average molecular weight is 557 g/mol. The van der Waals surface area contributed by atoms with E-state index in [1.807, 2.05) is 68.4 Å². The molecule has 5 rings (SSSR count). The van der Waals surface area contributed by atoms with Crippen molar-refractivity contribution in [1.29, 1.82) is 0 Å². The fourth-order valence-corrected chi connectivity index (χ4v) is 6.76. The Balaban J connectivity index is 1.44. The zero-order chi connectivity index (χ0) is 27.4. The van der Waals surface area contributed by atoms with E-state index in [1.54, 1.807) is 29.4 Å². The van der Waals surface area contributed by atoms with Crippen molar-refractivity contribution in [2.45, 2.75) is 31.8 Å². The van der Waals surface area contributed by atoms with Crippen molar-refractivity contribution in [2.24, 2.45) is 0 Å². The molecule has 0 saturated heterocycles. The van der Waals surface area contributed by atoms with Gasteiger partial charge in [-0.3, -0.25) is 14.7 Å². The van der Waals surface area contributed by atoms with E-state index in [0.29, 0.717) is 17.2 Å². The molecule has 0 unspecified atom stereocenters. The second-order valence-corrected chi connectivity index (χ2v) is 12.1. The molecule has 0 radical (unpaired) electrons. The molecule has 0 bridgehead atoms. The lowest BCUT2D eigenvalue weighted by Gasteiger charge is -2.22. The molecule has 0 aliphatic rings. The Morgan fingerprint density at radius 3 is 2.33 bits per heavy atom. The second-order valence-electron chi connectivity index (χ2n) is 9.16. The average Bonchev–Trinajstić information content (AvgIpc) is 3.38. The summed E-state index contributed by atoms with van der Waals surface area (Å²) in [6, 6.07) is 25.4. The molecule has 3 aromatic carbocycles. The topological polar surface area (TPSA) is 83.5 Å². The molecule has 0 atom stereocenters. The van der Waals surface area contributed by atoms with Gasteiger partial charge >= 0.3 is 0 Å². The highest BCUT2D eigenvalue weighted by atomic mass is 32.2. The first-order valence-electron chi connectivity index (χ1n) is 12.6. The molecule has 39 heavy (non-hydrogen) atoms. The molecule has 0 N–H and O–H groups in total. The molecule has 0 fully saturated rings. The van der Waals surface area contributed by atoms with E-state index in [9.17, 15) is 13.2 Å². The maximum Gasteiger partial charge on any atom is 0.260 e. The van der Waals surface area contributed by atoms with Crippen LogP contribution in [0, 0.1) is 6.92 Å². The third kappa shape index (κ3) is 5.90. The number of pyridine rings is 1. The van der Waals surface area contributed by atoms with Crippen LogP contribution in [0.15, 0.2) is 102 Å². The Bertz CT molecular complexity index is 1690. The van der Waals surface area contributed by atoms with Gasteiger partial charge in [0.1, 0.15) is 0 Å². The highest BCUT2D eigenvalue weighted by Crippen LogP contribution is 2.31. The van der Waals surface area contributed by atoms with Crippen LogP contribution in [0.25, 0.3) is 10.2 Å². The van der Waals surface area contributed by atoms with Crippen LogP contribution in [0.1, 0.15) is 34.0 Å². The van der Waals surface area contributed by atoms with E-state index in [-0.39, 0.29) is 23.9 Å². The quantitative estimate of drug-likeness (QED) is 0.220. The Hall–Kier alpha value is -3.92. The van der Waals surface area contributed by atoms with Gasteiger partial charge in [0.05, 0.1) is 21.7 Å². The van der Waals surface area contributed by atoms with E-state index < -0.39 is 10.0 Å². The zero-order valence-electron chi connectivity index (χ0n) is 21.7. The van der Waals surface area contributed by atoms with Gasteiger partial charge in [0, 0.05) is 31.0 Å². The van der Waals surface area contributed by atoms with Crippen LogP contribution in [0.2, 0.25) is 0 Å². The number of anilines is 1. The maximum absolute atomic E-state index is 13.8. The standard InChI is InChI=1S/C30H28N4O3S2/c1-3-33(20-23-8-5-4-6-9-23)39(36,37)26-14-12-25(13-15-26)29(35)34(21-24-10-7-17-31-19-24)30-32-27-16-11-22(2)18-28(27)38-30/h4-19H,3,20-21H2,1-2H3. The van der Waals surface area contributed by atoms with Crippen molar-refractivity contribution in [3.63, 3.8) is 0 Å². The molecule has 2 aromatic heterocycles. The maximum atomic E-state index is 13.8. The molecule has 0 saturated carbocycles. The van der Waals surface area contributed by atoms with Gasteiger partial charge in [0.2, 0.25) is 10.0 Å². The molecular weight excluding hydrogens is 528 g/mol. The fourth-order valence-electron chi connectivity index (χ4n) is 4.26. The minimum Gasteiger partial charge on any atom is -0.279 e. The lowest BCUT2D eigenvalue weighted by Crippen LogP contribution is -2.31. The van der Waals surface area contributed by atoms with E-state index in [2.05, 4.69) is 11.1 Å². The third-order valence-electron chi connectivity index (χ3n) is 6.37. The van der Waals surface area contributed by atoms with E-state index in [1.165, 1.54) is 27.8 Å². The number of hydrogen-bond acceptors (Lipinski definition) is 6. The third-order valence-corrected chi connectivity index (χ3v) is 9.34. The largest absolute Gasteiger partial charge is 0.279 e. The molecule has 0 aliphatic carbocycles. The molecule has 198 valence electrons. The number of carbonyl (C=O) groups is 1. The number of carbonyl (C=O) groups excluding carboxylic acids is 1. The number of fused-ring (bicyclic) bond motifs is 1. The number of nitrogens with zero attached hydrogens (tertiary/aromatic N) is 4. The summed E-state index contributed by atoms with van der Waals surface area (Å²) in [5, 5.41) is 0.571. The van der Waals surface area contributed by atoms with Crippen LogP contribution in [0.3, 0.4) is 0 Å². The van der Waals surface area contributed by atoms with Crippen LogP contribution in [0.4, 0.5) is 5.13 Å². The number of sulfonamides is 1. The highest BCUT2D eigenvalue weighted by Gasteiger charge is 2.26. The Kier molecular flexibility index (Phi) is 7.83. The van der Waals surface area contributed by atoms with Crippen molar-refractivity contribution in [2.75, 3.05) is 11.4 Å². The molecular formula is C30H28N4O3S2. The van der Waals surface area contributed by atoms with Gasteiger partial charge < -0.3 is 0 Å². The van der Waals surface area contributed by atoms with Gasteiger partial charge in [-0.05, 0) is 66.1 Å². The molecule has 9 heteroatoms. The fraction of sp³-hybridized carbons (Fsp3) is 0.167. The Labute approximate surface area is 232 Å². The predicted octanol–water partition coefficient (Wildman–Crippen LogP) is 6.06. The first kappa shape index (κ1) is 26.7. The van der Waals surface area contributed by atoms with E-state index in [4.69, 9.17) is 4.98 Å². The monoisotopic (exact) mass is 556 g/mol. The minimum absolute atomic E-state index is 0.145. The summed E-state index contributed by atoms with van der Waals surface area (Å²) in [6.45, 7) is 4.72. The first-order valence-corrected chi connectivity index (χ1v) is 14.8. The van der Waals surface area contributed by atoms with Crippen molar-refractivity contribution in [3.05, 3.63) is 120 Å². The van der Waals surface area contributed by atoms with Gasteiger partial charge in [-0.15, -0.1) is 0 Å². The van der Waals surface area contributed by atoms with Gasteiger partial charge in [-0.25, -0.2) is 13.4 Å². The highest BCUT2D eigenvalue weighted by molar-refractivity contribution is 7.89. The van der Waals surface area contributed by atoms with Crippen LogP contribution in [-0.4, -0.2) is 35.1 Å². The summed E-state index contributed by atoms with van der Waals surface area (Å²) in [6.07, 6.45) is 3.41. The Morgan fingerprint density at radius 1 is 0.897 bits per heavy atom. The molecule has 2 heterocycles. The molecule has 0 spiro atoms. The van der Waals surface area contributed by atoms with Crippen molar-refractivity contribution < 1.29 is 13.2 Å². The zero-order valence-corrected chi connectivity index (χ0v) is 23.3. The van der Waals surface area contributed by atoms with Gasteiger partial charge in [-0.2, -0.15) is 4.31 Å². The molecule has 1 amide bonds. The summed E-state index contributed by atoms with van der Waals surface area (Å²) >= 11 is 1.45. The van der Waals surface area contributed by atoms with Crippen molar-refractivity contribution >= 4 is 42.6 Å². The van der Waals surface area contributed by atoms with Gasteiger partial charge in [-0.1, -0.05) is 60.7 Å². The number of hydrogen-bond donors (Lipinski definition) is 0. The number of thiazole rings is 1. The van der Waals surface area contributed by atoms with Crippen molar-refractivity contribution in [1.82, 2.24) is 14.3 Å². The van der Waals surface area contributed by atoms with Crippen LogP contribution in [-0.2, 0) is 23.1 Å². The number of amides is 1. The summed E-state index contributed by atoms with van der Waals surface area (Å²) in [5.74, 6) is -0.268. The predicted molar refractivity (Wildman–Crippen MR) is 155 cm³/mol. The summed E-state index contributed by atoms with van der Waals surface area (Å²) < 4.78 is 29.2. The van der Waals surface area contributed by atoms with Gasteiger partial charge in [0.15, 0.2) is 5.13 Å². The summed E-state index contributed by atoms with van der Waals surface area (Å²) in [4.78, 5) is 24.5. The molecule has 0 aliphatic heterocycles. The lowest BCUT2D eigenvalue weighted by atomic mass is 10.2. The minimum atomic E-state index is -3.74. The first-order chi connectivity index (χ1) is 18.8. The number of aryl methyl sites for hydroxylation is 1. The normalized spacial score (nSPS) is 11.7. The summed E-state index contributed by atoms with van der Waals surface area (Å²) in [7, 11) is -3.74. The number of rotatable bonds is 9. The second kappa shape index (κ2) is 11.4. The van der Waals surface area contributed by atoms with Gasteiger partial charge in [0.25, 0.3) is 5.91 Å². The van der Waals surface area contributed by atoms with E-state index in [0.717, 1.165) is 26.9 Å². The number of aromatic nitrogens is 2. The van der Waals surface area contributed by atoms with Crippen molar-refractivity contribution in [3.8, 4) is 0 Å². The van der Waals surface area contributed by atoms with E-state index >= 15 is 0 Å². The van der Waals surface area contributed by atoms with Crippen LogP contribution >= 0.6 is 11.3 Å². The summed E-state index contributed by atoms with van der Waals surface area (Å²) in [5.41, 5.74) is 4.09. The smallest absolute Gasteiger partial charge is 0.260 e.